The van der Waals surface area contributed by atoms with Crippen LogP contribution in [0.25, 0.3) is 0 Å². The summed E-state index contributed by atoms with van der Waals surface area (Å²) in [6, 6.07) is 6.22. The van der Waals surface area contributed by atoms with Crippen LogP contribution in [0.3, 0.4) is 0 Å². The summed E-state index contributed by atoms with van der Waals surface area (Å²) >= 11 is 0. The molecular weight excluding hydrogens is 316 g/mol. The number of anilines is 1. The van der Waals surface area contributed by atoms with Crippen LogP contribution in [0.15, 0.2) is 24.3 Å². The highest BCUT2D eigenvalue weighted by atomic mass is 16.6. The summed E-state index contributed by atoms with van der Waals surface area (Å²) in [6.45, 7) is 0.462. The first kappa shape index (κ1) is 19.2. The number of unbranched alkanes of at least 4 members (excludes halogenated alkanes) is 1. The second-order valence-corrected chi connectivity index (χ2v) is 5.07. The number of hydroxylamine groups is 2. The smallest absolute Gasteiger partial charge is 0.433 e. The van der Waals surface area contributed by atoms with E-state index in [-0.39, 0.29) is 12.5 Å². The number of benzene rings is 1. The highest BCUT2D eigenvalue weighted by Crippen LogP contribution is 2.11. The first-order valence-electron chi connectivity index (χ1n) is 7.40. The number of amides is 4. The molecule has 1 aromatic carbocycles. The van der Waals surface area contributed by atoms with Gasteiger partial charge in [-0.25, -0.2) is 9.59 Å². The first-order valence-corrected chi connectivity index (χ1v) is 7.40. The fourth-order valence-electron chi connectivity index (χ4n) is 1.77. The Morgan fingerprint density at radius 1 is 1.21 bits per heavy atom. The molecule has 9 heteroatoms. The fourth-order valence-corrected chi connectivity index (χ4v) is 1.77. The molecule has 0 aliphatic rings. The van der Waals surface area contributed by atoms with Gasteiger partial charge in [0.1, 0.15) is 6.61 Å². The number of nitrogens with zero attached hydrogens (tertiary/aromatic N) is 1. The molecule has 0 heterocycles. The van der Waals surface area contributed by atoms with Gasteiger partial charge in [-0.15, -0.1) is 0 Å². The zero-order valence-electron chi connectivity index (χ0n) is 13.4. The van der Waals surface area contributed by atoms with Crippen LogP contribution in [-0.4, -0.2) is 41.9 Å². The number of hydrogen-bond acceptors (Lipinski definition) is 5. The molecule has 1 rings (SSSR count). The Labute approximate surface area is 139 Å². The molecular formula is C15H22N4O5. The molecule has 132 valence electrons. The van der Waals surface area contributed by atoms with Crippen molar-refractivity contribution in [2.75, 3.05) is 18.9 Å². The maximum absolute atomic E-state index is 11.8. The van der Waals surface area contributed by atoms with Gasteiger partial charge in [0.25, 0.3) is 0 Å². The summed E-state index contributed by atoms with van der Waals surface area (Å²) in [7, 11) is 1.17. The van der Waals surface area contributed by atoms with Crippen LogP contribution in [-0.2, 0) is 16.1 Å². The van der Waals surface area contributed by atoms with Gasteiger partial charge in [-0.05, 0) is 30.5 Å². The van der Waals surface area contributed by atoms with Gasteiger partial charge in [-0.3, -0.25) is 10.0 Å². The molecule has 24 heavy (non-hydrogen) atoms. The van der Waals surface area contributed by atoms with Crippen LogP contribution in [0.4, 0.5) is 15.3 Å². The minimum atomic E-state index is -0.849. The van der Waals surface area contributed by atoms with E-state index in [4.69, 9.17) is 15.7 Å². The van der Waals surface area contributed by atoms with E-state index in [9.17, 15) is 14.4 Å². The highest BCUT2D eigenvalue weighted by Gasteiger charge is 2.07. The average Bonchev–Trinajstić information content (AvgIpc) is 2.53. The minimum absolute atomic E-state index is 0.0187. The molecule has 0 aromatic heterocycles. The van der Waals surface area contributed by atoms with Crippen LogP contribution < -0.4 is 16.4 Å². The second kappa shape index (κ2) is 10.1. The lowest BCUT2D eigenvalue weighted by Crippen LogP contribution is -2.30. The number of nitrogens with one attached hydrogen (secondary N) is 2. The van der Waals surface area contributed by atoms with Crippen LogP contribution in [0.5, 0.6) is 0 Å². The van der Waals surface area contributed by atoms with Gasteiger partial charge >= 0.3 is 12.1 Å². The second-order valence-electron chi connectivity index (χ2n) is 5.07. The topological polar surface area (TPSA) is 134 Å². The minimum Gasteiger partial charge on any atom is -0.443 e. The van der Waals surface area contributed by atoms with E-state index in [1.807, 2.05) is 0 Å². The third-order valence-corrected chi connectivity index (χ3v) is 2.99. The number of nitrogens with two attached hydrogens (primary N) is 1. The van der Waals surface area contributed by atoms with Crippen LogP contribution in [0.2, 0.25) is 0 Å². The Morgan fingerprint density at radius 3 is 2.46 bits per heavy atom. The van der Waals surface area contributed by atoms with E-state index in [0.717, 1.165) is 5.56 Å². The van der Waals surface area contributed by atoms with E-state index < -0.39 is 12.1 Å². The molecule has 0 saturated carbocycles. The van der Waals surface area contributed by atoms with Crippen molar-refractivity contribution < 1.29 is 24.3 Å². The normalized spacial score (nSPS) is 9.92. The maximum Gasteiger partial charge on any atom is 0.433 e. The quantitative estimate of drug-likeness (QED) is 0.323. The molecule has 0 unspecified atom stereocenters. The number of urea groups is 1. The third kappa shape index (κ3) is 7.99. The molecule has 0 fully saturated rings. The number of hydrogen-bond donors (Lipinski definition) is 4. The Hall–Kier alpha value is -2.81. The molecule has 0 atom stereocenters. The number of primary amides is 1. The third-order valence-electron chi connectivity index (χ3n) is 2.99. The Balaban J connectivity index is 2.29. The van der Waals surface area contributed by atoms with Gasteiger partial charge < -0.3 is 21.1 Å². The summed E-state index contributed by atoms with van der Waals surface area (Å²) in [5.74, 6) is -0.129. The lowest BCUT2D eigenvalue weighted by Gasteiger charge is -2.10. The van der Waals surface area contributed by atoms with Crippen LogP contribution >= 0.6 is 0 Å². The van der Waals surface area contributed by atoms with E-state index >= 15 is 0 Å². The molecule has 0 spiro atoms. The van der Waals surface area contributed by atoms with Gasteiger partial charge in [0, 0.05) is 25.7 Å². The molecule has 0 aliphatic heterocycles. The van der Waals surface area contributed by atoms with Crippen molar-refractivity contribution >= 4 is 23.7 Å². The Morgan fingerprint density at radius 2 is 1.88 bits per heavy atom. The lowest BCUT2D eigenvalue weighted by molar-refractivity contribution is -0.116. The summed E-state index contributed by atoms with van der Waals surface area (Å²) in [5, 5.41) is 14.4. The van der Waals surface area contributed by atoms with Crippen molar-refractivity contribution in [1.82, 2.24) is 10.4 Å². The van der Waals surface area contributed by atoms with Gasteiger partial charge in [0.2, 0.25) is 5.91 Å². The van der Waals surface area contributed by atoms with Gasteiger partial charge in [-0.1, -0.05) is 12.1 Å². The Kier molecular flexibility index (Phi) is 8.06. The predicted octanol–water partition coefficient (Wildman–Crippen LogP) is 1.42. The van der Waals surface area contributed by atoms with E-state index in [1.165, 1.54) is 7.05 Å². The standard InChI is InChI=1S/C15H22N4O5/c1-19(23)15(22)24-10-11-5-7-12(8-6-11)18-13(20)4-2-3-9-17-14(16)21/h5-8,23H,2-4,9-10H2,1H3,(H,18,20)(H3,16,17,21). The number of carbonyl (C=O) groups excluding carboxylic acids is 3. The average molecular weight is 338 g/mol. The van der Waals surface area contributed by atoms with E-state index in [0.29, 0.717) is 36.6 Å². The fraction of sp³-hybridized carbons (Fsp3) is 0.400. The SMILES string of the molecule is CN(O)C(=O)OCc1ccc(NC(=O)CCCCNC(N)=O)cc1. The summed E-state index contributed by atoms with van der Waals surface area (Å²) < 4.78 is 4.81. The van der Waals surface area contributed by atoms with Crippen molar-refractivity contribution in [1.29, 1.82) is 0 Å². The van der Waals surface area contributed by atoms with Crippen LogP contribution in [0.1, 0.15) is 24.8 Å². The summed E-state index contributed by atoms with van der Waals surface area (Å²) in [4.78, 5) is 33.3. The largest absolute Gasteiger partial charge is 0.443 e. The molecule has 9 nitrogen and oxygen atoms in total. The zero-order valence-corrected chi connectivity index (χ0v) is 13.4. The zero-order chi connectivity index (χ0) is 17.9. The van der Waals surface area contributed by atoms with E-state index in [2.05, 4.69) is 10.6 Å². The van der Waals surface area contributed by atoms with Crippen molar-refractivity contribution in [3.63, 3.8) is 0 Å². The van der Waals surface area contributed by atoms with E-state index in [1.54, 1.807) is 24.3 Å². The molecule has 0 radical (unpaired) electrons. The molecule has 5 N–H and O–H groups in total. The lowest BCUT2D eigenvalue weighted by atomic mass is 10.2. The molecule has 0 bridgehead atoms. The van der Waals surface area contributed by atoms with Gasteiger partial charge in [0.05, 0.1) is 0 Å². The summed E-state index contributed by atoms with van der Waals surface area (Å²) in [6.07, 6.45) is 0.787. The van der Waals surface area contributed by atoms with Crippen LogP contribution in [0, 0.1) is 0 Å². The Bertz CT molecular complexity index is 559. The number of ether oxygens (including phenoxy) is 1. The van der Waals surface area contributed by atoms with Gasteiger partial charge in [-0.2, -0.15) is 5.06 Å². The molecule has 0 saturated heterocycles. The molecule has 4 amide bonds. The number of carbonyl (C=O) groups is 3. The predicted molar refractivity (Wildman–Crippen MR) is 86.2 cm³/mol. The maximum atomic E-state index is 11.8. The first-order chi connectivity index (χ1) is 11.4. The number of rotatable bonds is 8. The summed E-state index contributed by atoms with van der Waals surface area (Å²) in [5.41, 5.74) is 6.28. The van der Waals surface area contributed by atoms with Crippen molar-refractivity contribution in [2.24, 2.45) is 5.73 Å². The van der Waals surface area contributed by atoms with Crippen molar-refractivity contribution in [3.05, 3.63) is 29.8 Å². The molecule has 1 aromatic rings. The monoisotopic (exact) mass is 338 g/mol. The van der Waals surface area contributed by atoms with Crippen molar-refractivity contribution in [3.8, 4) is 0 Å². The highest BCUT2D eigenvalue weighted by molar-refractivity contribution is 5.90. The van der Waals surface area contributed by atoms with Crippen molar-refractivity contribution in [2.45, 2.75) is 25.9 Å². The van der Waals surface area contributed by atoms with Gasteiger partial charge in [0.15, 0.2) is 0 Å². The molecule has 0 aliphatic carbocycles.